The van der Waals surface area contributed by atoms with Crippen LogP contribution in [0.4, 0.5) is 0 Å². The predicted molar refractivity (Wildman–Crippen MR) is 120 cm³/mol. The lowest BCUT2D eigenvalue weighted by Gasteiger charge is -2.25. The van der Waals surface area contributed by atoms with Gasteiger partial charge in [-0.3, -0.25) is 9.89 Å². The van der Waals surface area contributed by atoms with Gasteiger partial charge in [-0.2, -0.15) is 0 Å². The second-order valence-corrected chi connectivity index (χ2v) is 7.30. The summed E-state index contributed by atoms with van der Waals surface area (Å²) < 4.78 is 0. The Kier molecular flexibility index (Phi) is 11.7. The molecule has 0 spiro atoms. The van der Waals surface area contributed by atoms with Gasteiger partial charge in [0.2, 0.25) is 0 Å². The lowest BCUT2D eigenvalue weighted by molar-refractivity contribution is 0.255. The summed E-state index contributed by atoms with van der Waals surface area (Å²) in [5.41, 5.74) is 0. The van der Waals surface area contributed by atoms with E-state index in [2.05, 4.69) is 58.8 Å². The Morgan fingerprint density at radius 2 is 2.08 bits per heavy atom. The van der Waals surface area contributed by atoms with Crippen molar-refractivity contribution >= 4 is 41.3 Å². The van der Waals surface area contributed by atoms with Crippen molar-refractivity contribution in [1.82, 2.24) is 20.4 Å². The van der Waals surface area contributed by atoms with Crippen molar-refractivity contribution in [3.05, 3.63) is 22.4 Å². The molecule has 1 aliphatic rings. The molecule has 1 aliphatic heterocycles. The summed E-state index contributed by atoms with van der Waals surface area (Å²) in [6.45, 7) is 11.4. The zero-order valence-electron chi connectivity index (χ0n) is 15.8. The highest BCUT2D eigenvalue weighted by Crippen LogP contribution is 2.28. The average Bonchev–Trinajstić information content (AvgIpc) is 3.29. The van der Waals surface area contributed by atoms with Gasteiger partial charge in [0.1, 0.15) is 0 Å². The third-order valence-electron chi connectivity index (χ3n) is 4.55. The van der Waals surface area contributed by atoms with Crippen molar-refractivity contribution < 1.29 is 0 Å². The minimum atomic E-state index is 0. The summed E-state index contributed by atoms with van der Waals surface area (Å²) in [7, 11) is 2.14. The number of guanidine groups is 1. The van der Waals surface area contributed by atoms with Crippen LogP contribution in [-0.4, -0.2) is 68.6 Å². The van der Waals surface area contributed by atoms with E-state index in [-0.39, 0.29) is 24.0 Å². The third-order valence-corrected chi connectivity index (χ3v) is 5.52. The topological polar surface area (TPSA) is 42.9 Å². The largest absolute Gasteiger partial charge is 0.357 e. The van der Waals surface area contributed by atoms with Crippen LogP contribution in [-0.2, 0) is 0 Å². The zero-order chi connectivity index (χ0) is 17.2. The van der Waals surface area contributed by atoms with Crippen molar-refractivity contribution in [1.29, 1.82) is 0 Å². The van der Waals surface area contributed by atoms with Crippen molar-refractivity contribution in [2.45, 2.75) is 32.7 Å². The van der Waals surface area contributed by atoms with E-state index in [0.717, 1.165) is 38.7 Å². The van der Waals surface area contributed by atoms with Crippen molar-refractivity contribution in [2.24, 2.45) is 4.99 Å². The van der Waals surface area contributed by atoms with Gasteiger partial charge in [0.15, 0.2) is 5.96 Å². The van der Waals surface area contributed by atoms with E-state index in [1.54, 1.807) is 0 Å². The first-order valence-corrected chi connectivity index (χ1v) is 10.1. The molecule has 1 atom stereocenters. The van der Waals surface area contributed by atoms with E-state index in [9.17, 15) is 0 Å². The third kappa shape index (κ3) is 7.80. The molecule has 1 fully saturated rings. The van der Waals surface area contributed by atoms with Crippen LogP contribution in [0.15, 0.2) is 22.5 Å². The predicted octanol–water partition coefficient (Wildman–Crippen LogP) is 3.01. The monoisotopic (exact) mass is 479 g/mol. The summed E-state index contributed by atoms with van der Waals surface area (Å²) in [6, 6.07) is 4.82. The minimum absolute atomic E-state index is 0. The first-order valence-electron chi connectivity index (χ1n) is 9.22. The number of likely N-dealkylation sites (N-methyl/N-ethyl adjacent to an activating group) is 1. The molecule has 5 nitrogen and oxygen atoms in total. The first kappa shape index (κ1) is 22.7. The lowest BCUT2D eigenvalue weighted by atomic mass is 10.2. The van der Waals surface area contributed by atoms with Crippen LogP contribution in [0.2, 0.25) is 0 Å². The maximum Gasteiger partial charge on any atom is 0.191 e. The molecule has 2 N–H and O–H groups in total. The molecule has 1 aromatic rings. The molecule has 0 bridgehead atoms. The molecule has 144 valence electrons. The molecule has 2 rings (SSSR count). The molecule has 0 aliphatic carbocycles. The summed E-state index contributed by atoms with van der Waals surface area (Å²) in [4.78, 5) is 11.2. The van der Waals surface area contributed by atoms with E-state index in [4.69, 9.17) is 4.99 Å². The number of halogens is 1. The number of hydrogen-bond acceptors (Lipinski definition) is 4. The van der Waals surface area contributed by atoms with Crippen LogP contribution in [0.25, 0.3) is 0 Å². The van der Waals surface area contributed by atoms with E-state index < -0.39 is 0 Å². The van der Waals surface area contributed by atoms with Gasteiger partial charge in [0.05, 0.1) is 12.6 Å². The maximum absolute atomic E-state index is 4.88. The highest BCUT2D eigenvalue weighted by atomic mass is 127. The van der Waals surface area contributed by atoms with Crippen LogP contribution < -0.4 is 10.6 Å². The molecule has 7 heteroatoms. The van der Waals surface area contributed by atoms with Crippen LogP contribution in [0.1, 0.15) is 37.6 Å². The van der Waals surface area contributed by atoms with Crippen LogP contribution in [0.3, 0.4) is 0 Å². The van der Waals surface area contributed by atoms with Gasteiger partial charge in [0.25, 0.3) is 0 Å². The molecule has 2 heterocycles. The summed E-state index contributed by atoms with van der Waals surface area (Å²) >= 11 is 1.85. The van der Waals surface area contributed by atoms with Gasteiger partial charge in [0, 0.05) is 24.5 Å². The number of likely N-dealkylation sites (tertiary alicyclic amines) is 1. The molecule has 25 heavy (non-hydrogen) atoms. The van der Waals surface area contributed by atoms with Crippen molar-refractivity contribution in [2.75, 3.05) is 52.9 Å². The fourth-order valence-electron chi connectivity index (χ4n) is 2.96. The second kappa shape index (κ2) is 12.9. The van der Waals surface area contributed by atoms with Gasteiger partial charge in [-0.25, -0.2) is 0 Å². The Balaban J connectivity index is 0.00000312. The van der Waals surface area contributed by atoms with Crippen LogP contribution >= 0.6 is 35.3 Å². The molecular formula is C18H34IN5S. The molecule has 0 saturated carbocycles. The number of aliphatic imine (C=N–C) groups is 1. The Morgan fingerprint density at radius 3 is 2.68 bits per heavy atom. The number of nitrogens with zero attached hydrogens (tertiary/aromatic N) is 3. The van der Waals surface area contributed by atoms with Gasteiger partial charge in [-0.1, -0.05) is 13.0 Å². The zero-order valence-corrected chi connectivity index (χ0v) is 19.0. The fourth-order valence-corrected chi connectivity index (χ4v) is 3.81. The van der Waals surface area contributed by atoms with Gasteiger partial charge in [-0.15, -0.1) is 35.3 Å². The van der Waals surface area contributed by atoms with Crippen molar-refractivity contribution in [3.63, 3.8) is 0 Å². The van der Waals surface area contributed by atoms with Crippen LogP contribution in [0, 0.1) is 0 Å². The number of hydrogen-bond donors (Lipinski definition) is 2. The standard InChI is InChI=1S/C18H33N5S.HI/c1-4-19-18(20-10-13-22(3)5-2)21-15-16(17-9-8-14-24-17)23-11-6-7-12-23;/h8-9,14,16H,4-7,10-13,15H2,1-3H3,(H2,19,20,21);1H. The van der Waals surface area contributed by atoms with E-state index in [1.807, 2.05) is 11.3 Å². The van der Waals surface area contributed by atoms with Gasteiger partial charge >= 0.3 is 0 Å². The lowest BCUT2D eigenvalue weighted by Crippen LogP contribution is -2.41. The number of thiophene rings is 1. The maximum atomic E-state index is 4.88. The van der Waals surface area contributed by atoms with Gasteiger partial charge < -0.3 is 15.5 Å². The van der Waals surface area contributed by atoms with E-state index in [0.29, 0.717) is 6.04 Å². The first-order chi connectivity index (χ1) is 11.7. The molecule has 0 amide bonds. The quantitative estimate of drug-likeness (QED) is 0.325. The van der Waals surface area contributed by atoms with Gasteiger partial charge in [-0.05, 0) is 57.9 Å². The van der Waals surface area contributed by atoms with Crippen molar-refractivity contribution in [3.8, 4) is 0 Å². The molecular weight excluding hydrogens is 445 g/mol. The summed E-state index contributed by atoms with van der Waals surface area (Å²) in [6.07, 6.45) is 2.63. The Morgan fingerprint density at radius 1 is 1.32 bits per heavy atom. The van der Waals surface area contributed by atoms with Crippen LogP contribution in [0.5, 0.6) is 0 Å². The Hall–Kier alpha value is -0.380. The van der Waals surface area contributed by atoms with E-state index >= 15 is 0 Å². The minimum Gasteiger partial charge on any atom is -0.357 e. The summed E-state index contributed by atoms with van der Waals surface area (Å²) in [5, 5.41) is 9.00. The number of nitrogens with one attached hydrogen (secondary N) is 2. The molecule has 1 saturated heterocycles. The van der Waals surface area contributed by atoms with E-state index in [1.165, 1.54) is 30.8 Å². The highest BCUT2D eigenvalue weighted by molar-refractivity contribution is 14.0. The molecule has 1 aromatic heterocycles. The fraction of sp³-hybridized carbons (Fsp3) is 0.722. The molecule has 1 unspecified atom stereocenters. The average molecular weight is 479 g/mol. The molecule has 0 aromatic carbocycles. The molecule has 0 radical (unpaired) electrons. The Labute approximate surface area is 174 Å². The number of rotatable bonds is 9. The Bertz CT molecular complexity index is 474. The summed E-state index contributed by atoms with van der Waals surface area (Å²) in [5.74, 6) is 0.933. The second-order valence-electron chi connectivity index (χ2n) is 6.32. The normalized spacial score (nSPS) is 16.7. The smallest absolute Gasteiger partial charge is 0.191 e. The highest BCUT2D eigenvalue weighted by Gasteiger charge is 2.24. The SMILES string of the molecule is CCNC(=NCC(c1cccs1)N1CCCC1)NCCN(C)CC.I.